The number of pyridine rings is 2. The van der Waals surface area contributed by atoms with Crippen LogP contribution in [0.5, 0.6) is 0 Å². The maximum Gasteiger partial charge on any atom is 0.224 e. The number of aromatic nitrogens is 4. The summed E-state index contributed by atoms with van der Waals surface area (Å²) in [6.07, 6.45) is 6.58. The van der Waals surface area contributed by atoms with Crippen LogP contribution < -0.4 is 16.0 Å². The lowest BCUT2D eigenvalue weighted by molar-refractivity contribution is -0.127. The van der Waals surface area contributed by atoms with Crippen LogP contribution in [0.25, 0.3) is 22.2 Å². The molecular formula is C52H51BrF2N8O4. The number of piperidine rings is 2. The van der Waals surface area contributed by atoms with Crippen molar-refractivity contribution >= 4 is 49.9 Å². The van der Waals surface area contributed by atoms with Gasteiger partial charge in [0.15, 0.2) is 11.2 Å². The molecule has 12 nitrogen and oxygen atoms in total. The molecule has 0 bridgehead atoms. The monoisotopic (exact) mass is 968 g/mol. The van der Waals surface area contributed by atoms with Gasteiger partial charge in [-0.25, -0.2) is 18.7 Å². The normalized spacial score (nSPS) is 15.4. The van der Waals surface area contributed by atoms with Gasteiger partial charge in [-0.2, -0.15) is 0 Å². The number of hydrogen-bond donors (Lipinski definition) is 3. The molecular weight excluding hydrogens is 919 g/mol. The quantitative estimate of drug-likeness (QED) is 0.107. The fraction of sp³-hybridized carbons (Fsp3) is 0.269. The van der Waals surface area contributed by atoms with Crippen LogP contribution in [0.3, 0.4) is 0 Å². The van der Waals surface area contributed by atoms with Gasteiger partial charge in [-0.1, -0.05) is 76.6 Å². The molecule has 4 aromatic heterocycles. The molecule has 8 aromatic rings. The Hall–Kier alpha value is -6.68. The maximum atomic E-state index is 13.4. The average Bonchev–Trinajstić information content (AvgIpc) is 4.01. The summed E-state index contributed by atoms with van der Waals surface area (Å²) in [6.45, 7) is 3.95. The number of alkyl halides is 1. The van der Waals surface area contributed by atoms with Gasteiger partial charge in [0.05, 0.1) is 35.3 Å². The lowest BCUT2D eigenvalue weighted by Gasteiger charge is -2.31. The highest BCUT2D eigenvalue weighted by Crippen LogP contribution is 2.26. The SMILES string of the molecule is BrCc1nc2ccccc2o1.O=C(NC(c1ccc(F)cc1)c1ccccn1)C1CCN(Cc2nc3ccccc3o2)CC1.O=C(NC(c1ccc(F)cc1)c1ccccn1)C1CCNCC1. The number of likely N-dealkylation sites (tertiary alicyclic amines) is 1. The Labute approximate surface area is 395 Å². The van der Waals surface area contributed by atoms with E-state index in [2.05, 4.69) is 56.7 Å². The van der Waals surface area contributed by atoms with Gasteiger partial charge < -0.3 is 24.8 Å². The van der Waals surface area contributed by atoms with Crippen LogP contribution in [0.1, 0.15) is 72.1 Å². The third-order valence-corrected chi connectivity index (χ3v) is 12.2. The minimum Gasteiger partial charge on any atom is -0.440 e. The molecule has 3 N–H and O–H groups in total. The lowest BCUT2D eigenvalue weighted by Crippen LogP contribution is -2.41. The Morgan fingerprint density at radius 2 is 1.06 bits per heavy atom. The molecule has 2 amide bonds. The number of oxazole rings is 2. The second kappa shape index (κ2) is 23.2. The average molecular weight is 970 g/mol. The first-order valence-corrected chi connectivity index (χ1v) is 23.5. The summed E-state index contributed by atoms with van der Waals surface area (Å²) in [5.74, 6) is 0.786. The van der Waals surface area contributed by atoms with Gasteiger partial charge in [0, 0.05) is 24.2 Å². The Morgan fingerprint density at radius 1 is 0.612 bits per heavy atom. The minimum atomic E-state index is -0.419. The zero-order valence-corrected chi connectivity index (χ0v) is 38.3. The van der Waals surface area contributed by atoms with Gasteiger partial charge in [-0.15, -0.1) is 0 Å². The molecule has 2 atom stereocenters. The number of nitrogens with one attached hydrogen (secondary N) is 3. The first-order chi connectivity index (χ1) is 32.8. The van der Waals surface area contributed by atoms with Crippen LogP contribution in [0.2, 0.25) is 0 Å². The lowest BCUT2D eigenvalue weighted by atomic mass is 9.94. The van der Waals surface area contributed by atoms with Crippen molar-refractivity contribution in [2.45, 2.75) is 49.6 Å². The molecule has 10 rings (SSSR count). The van der Waals surface area contributed by atoms with E-state index in [-0.39, 0.29) is 41.3 Å². The van der Waals surface area contributed by atoms with E-state index < -0.39 is 6.04 Å². The molecule has 0 saturated carbocycles. The summed E-state index contributed by atoms with van der Waals surface area (Å²) < 4.78 is 37.8. The van der Waals surface area contributed by atoms with E-state index >= 15 is 0 Å². The van der Waals surface area contributed by atoms with E-state index in [1.54, 1.807) is 36.7 Å². The van der Waals surface area contributed by atoms with Gasteiger partial charge in [-0.3, -0.25) is 24.5 Å². The Morgan fingerprint density at radius 3 is 1.52 bits per heavy atom. The maximum absolute atomic E-state index is 13.4. The van der Waals surface area contributed by atoms with Crippen LogP contribution in [0.15, 0.2) is 155 Å². The number of benzene rings is 4. The second-order valence-corrected chi connectivity index (χ2v) is 16.9. The van der Waals surface area contributed by atoms with Gasteiger partial charge in [0.2, 0.25) is 23.6 Å². The third-order valence-electron chi connectivity index (χ3n) is 11.8. The summed E-state index contributed by atoms with van der Waals surface area (Å²) >= 11 is 3.28. The highest BCUT2D eigenvalue weighted by atomic mass is 79.9. The number of rotatable bonds is 11. The van der Waals surface area contributed by atoms with Crippen LogP contribution in [-0.2, 0) is 21.5 Å². The van der Waals surface area contributed by atoms with Gasteiger partial charge in [0.25, 0.3) is 0 Å². The van der Waals surface area contributed by atoms with Crippen molar-refractivity contribution in [2.24, 2.45) is 11.8 Å². The van der Waals surface area contributed by atoms with Crippen molar-refractivity contribution in [2.75, 3.05) is 26.2 Å². The number of fused-ring (bicyclic) bond motifs is 2. The topological polar surface area (TPSA) is 151 Å². The molecule has 15 heteroatoms. The first-order valence-electron chi connectivity index (χ1n) is 22.4. The van der Waals surface area contributed by atoms with Crippen molar-refractivity contribution in [1.82, 2.24) is 40.8 Å². The molecule has 67 heavy (non-hydrogen) atoms. The number of carbonyl (C=O) groups is 2. The summed E-state index contributed by atoms with van der Waals surface area (Å²) in [7, 11) is 0. The fourth-order valence-electron chi connectivity index (χ4n) is 8.17. The summed E-state index contributed by atoms with van der Waals surface area (Å²) in [6, 6.07) is 38.3. The minimum absolute atomic E-state index is 0.00325. The third kappa shape index (κ3) is 12.8. The highest BCUT2D eigenvalue weighted by Gasteiger charge is 2.29. The number of carbonyl (C=O) groups excluding carboxylic acids is 2. The number of amides is 2. The molecule has 0 radical (unpaired) electrons. The summed E-state index contributed by atoms with van der Waals surface area (Å²) in [4.78, 5) is 45.5. The second-order valence-electron chi connectivity index (χ2n) is 16.4. The molecule has 2 unspecified atom stereocenters. The van der Waals surface area contributed by atoms with E-state index in [1.807, 2.05) is 84.9 Å². The molecule has 344 valence electrons. The number of para-hydroxylation sites is 4. The zero-order chi connectivity index (χ0) is 46.4. The van der Waals surface area contributed by atoms with Crippen molar-refractivity contribution in [3.05, 3.63) is 192 Å². The molecule has 2 aliphatic rings. The summed E-state index contributed by atoms with van der Waals surface area (Å²) in [5.41, 5.74) is 6.53. The largest absolute Gasteiger partial charge is 0.440 e. The van der Waals surface area contributed by atoms with E-state index in [4.69, 9.17) is 8.83 Å². The molecule has 2 fully saturated rings. The molecule has 0 spiro atoms. The van der Waals surface area contributed by atoms with E-state index in [0.29, 0.717) is 17.8 Å². The molecule has 0 aliphatic carbocycles. The van der Waals surface area contributed by atoms with E-state index in [0.717, 1.165) is 102 Å². The molecule has 2 saturated heterocycles. The predicted octanol–water partition coefficient (Wildman–Crippen LogP) is 9.63. The van der Waals surface area contributed by atoms with E-state index in [9.17, 15) is 18.4 Å². The standard InChI is InChI=1S/C26H25FN4O2.C18H20FN3O.C8H6BrNO/c27-20-10-8-18(9-11-20)25(22-6-3-4-14-28-22)30-26(32)19-12-15-31(16-13-19)17-24-29-21-5-1-2-7-23(21)33-24;19-15-6-4-13(5-7-15)17(16-3-1-2-10-21-16)22-18(23)14-8-11-20-12-9-14;9-5-8-10-6-3-1-2-4-7(6)11-8/h1-11,14,19,25H,12-13,15-17H2,(H,30,32);1-7,10,14,17,20H,8-9,11-12H2,(H,22,23);1-4H,5H2. The van der Waals surface area contributed by atoms with Crippen molar-refractivity contribution in [1.29, 1.82) is 0 Å². The van der Waals surface area contributed by atoms with Crippen LogP contribution in [-0.4, -0.2) is 62.8 Å². The Balaban J connectivity index is 0.000000154. The smallest absolute Gasteiger partial charge is 0.224 e. The molecule has 2 aliphatic heterocycles. The number of hydrogen-bond acceptors (Lipinski definition) is 10. The number of nitrogens with zero attached hydrogens (tertiary/aromatic N) is 5. The molecule has 6 heterocycles. The zero-order valence-electron chi connectivity index (χ0n) is 36.7. The van der Waals surface area contributed by atoms with Crippen molar-refractivity contribution in [3.63, 3.8) is 0 Å². The fourth-order valence-corrected chi connectivity index (χ4v) is 8.41. The van der Waals surface area contributed by atoms with Gasteiger partial charge >= 0.3 is 0 Å². The van der Waals surface area contributed by atoms with Gasteiger partial charge in [-0.05, 0) is 136 Å². The Bertz CT molecular complexity index is 2730. The first kappa shape index (κ1) is 46.8. The summed E-state index contributed by atoms with van der Waals surface area (Å²) in [5, 5.41) is 10.2. The van der Waals surface area contributed by atoms with E-state index in [1.165, 1.54) is 24.3 Å². The van der Waals surface area contributed by atoms with Crippen LogP contribution >= 0.6 is 15.9 Å². The van der Waals surface area contributed by atoms with Crippen molar-refractivity contribution in [3.8, 4) is 0 Å². The number of halogens is 3. The van der Waals surface area contributed by atoms with Gasteiger partial charge in [0.1, 0.15) is 22.7 Å². The van der Waals surface area contributed by atoms with Crippen LogP contribution in [0, 0.1) is 23.5 Å². The molecule has 4 aromatic carbocycles. The Kier molecular flexibility index (Phi) is 16.2. The van der Waals surface area contributed by atoms with Crippen molar-refractivity contribution < 1.29 is 27.2 Å². The highest BCUT2D eigenvalue weighted by molar-refractivity contribution is 9.08. The predicted molar refractivity (Wildman–Crippen MR) is 255 cm³/mol. The van der Waals surface area contributed by atoms with Crippen LogP contribution in [0.4, 0.5) is 8.78 Å².